The summed E-state index contributed by atoms with van der Waals surface area (Å²) >= 11 is 0. The molecule has 4 heterocycles. The van der Waals surface area contributed by atoms with Gasteiger partial charge in [0.25, 0.3) is 5.91 Å². The van der Waals surface area contributed by atoms with Crippen molar-refractivity contribution < 1.29 is 32.3 Å². The van der Waals surface area contributed by atoms with E-state index in [9.17, 15) is 27.9 Å². The van der Waals surface area contributed by atoms with Crippen molar-refractivity contribution in [3.63, 3.8) is 0 Å². The van der Waals surface area contributed by atoms with Crippen LogP contribution in [0.15, 0.2) is 59.5 Å². The number of carbonyl (C=O) groups is 2. The number of alkyl halides is 3. The van der Waals surface area contributed by atoms with Gasteiger partial charge in [-0.25, -0.2) is 4.98 Å². The number of aliphatic hydroxyl groups is 1. The van der Waals surface area contributed by atoms with Gasteiger partial charge >= 0.3 is 6.18 Å². The summed E-state index contributed by atoms with van der Waals surface area (Å²) < 4.78 is 44.3. The summed E-state index contributed by atoms with van der Waals surface area (Å²) in [6.45, 7) is 1.15. The van der Waals surface area contributed by atoms with Crippen molar-refractivity contribution in [3.8, 4) is 11.5 Å². The summed E-state index contributed by atoms with van der Waals surface area (Å²) in [7, 11) is 0. The van der Waals surface area contributed by atoms with Gasteiger partial charge < -0.3 is 19.7 Å². The fraction of sp³-hybridized carbons (Fsp3) is 0.467. The number of carbonyl (C=O) groups excluding carboxylic acids is 2. The number of pyridine rings is 1. The van der Waals surface area contributed by atoms with Crippen LogP contribution in [-0.4, -0.2) is 74.4 Å². The van der Waals surface area contributed by atoms with Crippen LogP contribution < -0.4 is 5.32 Å². The number of oxazole rings is 1. The summed E-state index contributed by atoms with van der Waals surface area (Å²) in [4.78, 5) is 38.4. The van der Waals surface area contributed by atoms with Crippen molar-refractivity contribution in [1.29, 1.82) is 0 Å². The van der Waals surface area contributed by atoms with Gasteiger partial charge in [0.2, 0.25) is 11.8 Å². The number of halogens is 3. The summed E-state index contributed by atoms with van der Waals surface area (Å²) in [5, 5.41) is 13.9. The maximum absolute atomic E-state index is 13.0. The minimum Gasteiger partial charge on any atom is -0.444 e. The van der Waals surface area contributed by atoms with E-state index >= 15 is 0 Å². The third-order valence-electron chi connectivity index (χ3n) is 8.96. The monoisotopic (exact) mass is 583 g/mol. The van der Waals surface area contributed by atoms with Crippen molar-refractivity contribution in [2.45, 2.75) is 68.4 Å². The van der Waals surface area contributed by atoms with Gasteiger partial charge in [-0.05, 0) is 68.9 Å². The standard InChI is InChI=1S/C30H32F3N5O4/c31-30(32,33)21-3-1-2-19(16-21)27(40)36-18-26(39)38-14-9-23-24(38)8-13-37(23)22-6-10-29(41,11-7-22)25-5-4-20(17-35-25)28-34-12-15-42-28/h1-5,12,15-17,22-24,41H,6-11,13-14,18H2,(H,36,40)/t22?,23-,24-,29?/m0/s1. The Balaban J connectivity index is 1.01. The van der Waals surface area contributed by atoms with Gasteiger partial charge in [-0.2, -0.15) is 13.2 Å². The predicted molar refractivity (Wildman–Crippen MR) is 145 cm³/mol. The minimum atomic E-state index is -4.55. The number of nitrogens with zero attached hydrogens (tertiary/aromatic N) is 4. The molecule has 0 radical (unpaired) electrons. The Morgan fingerprint density at radius 1 is 1.05 bits per heavy atom. The lowest BCUT2D eigenvalue weighted by atomic mass is 9.79. The van der Waals surface area contributed by atoms with Gasteiger partial charge in [-0.3, -0.25) is 19.5 Å². The van der Waals surface area contributed by atoms with E-state index in [1.165, 1.54) is 18.4 Å². The van der Waals surface area contributed by atoms with Crippen LogP contribution in [0.2, 0.25) is 0 Å². The Bertz CT molecular complexity index is 1420. The lowest BCUT2D eigenvalue weighted by Crippen LogP contribution is -2.47. The highest BCUT2D eigenvalue weighted by Gasteiger charge is 2.48. The molecule has 9 nitrogen and oxygen atoms in total. The molecule has 3 aliphatic rings. The predicted octanol–water partition coefficient (Wildman–Crippen LogP) is 3.99. The Morgan fingerprint density at radius 3 is 2.52 bits per heavy atom. The molecule has 2 aliphatic heterocycles. The lowest BCUT2D eigenvalue weighted by Gasteiger charge is -2.41. The second-order valence-electron chi connectivity index (χ2n) is 11.3. The molecule has 12 heteroatoms. The molecular weight excluding hydrogens is 551 g/mol. The van der Waals surface area contributed by atoms with Crippen molar-refractivity contribution >= 4 is 11.8 Å². The lowest BCUT2D eigenvalue weighted by molar-refractivity contribution is -0.137. The van der Waals surface area contributed by atoms with Crippen LogP contribution in [0.25, 0.3) is 11.5 Å². The number of rotatable bonds is 6. The van der Waals surface area contributed by atoms with Crippen LogP contribution in [0.5, 0.6) is 0 Å². The first-order valence-corrected chi connectivity index (χ1v) is 14.2. The zero-order chi connectivity index (χ0) is 29.5. The van der Waals surface area contributed by atoms with Gasteiger partial charge in [-0.15, -0.1) is 0 Å². The summed E-state index contributed by atoms with van der Waals surface area (Å²) in [5.41, 5.74) is -0.657. The summed E-state index contributed by atoms with van der Waals surface area (Å²) in [6.07, 6.45) is 4.62. The Morgan fingerprint density at radius 2 is 1.83 bits per heavy atom. The van der Waals surface area contributed by atoms with Gasteiger partial charge in [-0.1, -0.05) is 6.07 Å². The summed E-state index contributed by atoms with van der Waals surface area (Å²) in [5.74, 6) is -0.466. The highest BCUT2D eigenvalue weighted by Crippen LogP contribution is 2.42. The quantitative estimate of drug-likeness (QED) is 0.452. The number of fused-ring (bicyclic) bond motifs is 1. The Hall–Kier alpha value is -3.77. The van der Waals surface area contributed by atoms with Gasteiger partial charge in [0.15, 0.2) is 0 Å². The first-order chi connectivity index (χ1) is 20.1. The highest BCUT2D eigenvalue weighted by molar-refractivity contribution is 5.96. The maximum Gasteiger partial charge on any atom is 0.416 e. The van der Waals surface area contributed by atoms with E-state index in [1.807, 2.05) is 12.1 Å². The molecule has 3 fully saturated rings. The molecule has 2 N–H and O–H groups in total. The first kappa shape index (κ1) is 28.4. The molecule has 0 spiro atoms. The molecule has 42 heavy (non-hydrogen) atoms. The second kappa shape index (κ2) is 11.1. The molecule has 1 aromatic carbocycles. The maximum atomic E-state index is 13.0. The van der Waals surface area contributed by atoms with Gasteiger partial charge in [0, 0.05) is 43.0 Å². The fourth-order valence-electron chi connectivity index (χ4n) is 6.81. The first-order valence-electron chi connectivity index (χ1n) is 14.2. The average molecular weight is 584 g/mol. The van der Waals surface area contributed by atoms with Crippen LogP contribution >= 0.6 is 0 Å². The molecule has 1 aliphatic carbocycles. The average Bonchev–Trinajstić information content (AvgIpc) is 3.75. The number of nitrogens with one attached hydrogen (secondary N) is 1. The van der Waals surface area contributed by atoms with Crippen molar-refractivity contribution in [2.75, 3.05) is 19.6 Å². The zero-order valence-corrected chi connectivity index (χ0v) is 22.9. The van der Waals surface area contributed by atoms with Gasteiger partial charge in [0.1, 0.15) is 11.9 Å². The normalized spacial score (nSPS) is 26.3. The third kappa shape index (κ3) is 5.52. The third-order valence-corrected chi connectivity index (χ3v) is 8.96. The van der Waals surface area contributed by atoms with E-state index in [0.717, 1.165) is 49.9 Å². The number of likely N-dealkylation sites (tertiary alicyclic amines) is 2. The molecule has 2 saturated heterocycles. The van der Waals surface area contributed by atoms with E-state index in [0.29, 0.717) is 37.0 Å². The van der Waals surface area contributed by atoms with E-state index < -0.39 is 23.2 Å². The SMILES string of the molecule is O=C(NCC(=O)N1CC[C@H]2[C@@H]1CCN2C1CCC(O)(c2ccc(-c3ncco3)cn2)CC1)c1cccc(C(F)(F)F)c1. The molecule has 2 atom stereocenters. The molecule has 6 rings (SSSR count). The molecule has 1 saturated carbocycles. The summed E-state index contributed by atoms with van der Waals surface area (Å²) in [6, 6.07) is 8.39. The molecule has 222 valence electrons. The van der Waals surface area contributed by atoms with Crippen molar-refractivity contribution in [3.05, 3.63) is 71.9 Å². The smallest absolute Gasteiger partial charge is 0.416 e. The van der Waals surface area contributed by atoms with Crippen molar-refractivity contribution in [1.82, 2.24) is 25.1 Å². The molecule has 3 aromatic rings. The van der Waals surface area contributed by atoms with E-state index in [1.54, 1.807) is 17.3 Å². The molecule has 2 amide bonds. The van der Waals surface area contributed by atoms with Crippen LogP contribution in [0.1, 0.15) is 60.1 Å². The van der Waals surface area contributed by atoms with E-state index in [2.05, 4.69) is 20.2 Å². The van der Waals surface area contributed by atoms with Crippen LogP contribution in [0.3, 0.4) is 0 Å². The topological polar surface area (TPSA) is 112 Å². The zero-order valence-electron chi connectivity index (χ0n) is 22.9. The van der Waals surface area contributed by atoms with E-state index in [4.69, 9.17) is 4.42 Å². The molecule has 0 unspecified atom stereocenters. The van der Waals surface area contributed by atoms with E-state index in [-0.39, 0.29) is 30.1 Å². The number of amides is 2. The van der Waals surface area contributed by atoms with Crippen molar-refractivity contribution in [2.24, 2.45) is 0 Å². The number of hydrogen-bond donors (Lipinski definition) is 2. The van der Waals surface area contributed by atoms with Crippen LogP contribution in [0, 0.1) is 0 Å². The van der Waals surface area contributed by atoms with Crippen LogP contribution in [0.4, 0.5) is 13.2 Å². The molecule has 2 aromatic heterocycles. The second-order valence-corrected chi connectivity index (χ2v) is 11.3. The fourth-order valence-corrected chi connectivity index (χ4v) is 6.81. The Kier molecular flexibility index (Phi) is 7.52. The minimum absolute atomic E-state index is 0.0354. The van der Waals surface area contributed by atoms with Gasteiger partial charge in [0.05, 0.1) is 29.6 Å². The largest absolute Gasteiger partial charge is 0.444 e. The van der Waals surface area contributed by atoms with Crippen LogP contribution in [-0.2, 0) is 16.6 Å². The highest BCUT2D eigenvalue weighted by atomic mass is 19.4. The Labute approximate surface area is 240 Å². The number of hydrogen-bond acceptors (Lipinski definition) is 7. The molecular formula is C30H32F3N5O4. The molecule has 0 bridgehead atoms. The number of benzene rings is 1. The number of aromatic nitrogens is 2.